The van der Waals surface area contributed by atoms with Crippen molar-refractivity contribution in [1.29, 1.82) is 0 Å². The Hall–Kier alpha value is -3.87. The fraction of sp³-hybridized carbons (Fsp3) is 0.441. The molecule has 3 aromatic rings. The van der Waals surface area contributed by atoms with E-state index in [4.69, 9.17) is 14.2 Å². The van der Waals surface area contributed by atoms with Gasteiger partial charge in [0.2, 0.25) is 0 Å². The lowest BCUT2D eigenvalue weighted by Gasteiger charge is -2.39. The Morgan fingerprint density at radius 2 is 1.78 bits per heavy atom. The SMILES string of the molecule is CCCCCC(C)C(C)c1cc(OCc2ccccc2)c2c(c1)OC(C)(C)C(C(=O)Oc1ccc([N+](=O)[O-])cc1)C2. The van der Waals surface area contributed by atoms with E-state index in [9.17, 15) is 14.9 Å². The Labute approximate surface area is 243 Å². The Balaban J connectivity index is 1.62. The Morgan fingerprint density at radius 3 is 2.44 bits per heavy atom. The number of hydrogen-bond acceptors (Lipinski definition) is 6. The van der Waals surface area contributed by atoms with Crippen molar-refractivity contribution in [1.82, 2.24) is 0 Å². The largest absolute Gasteiger partial charge is 0.488 e. The second-order valence-corrected chi connectivity index (χ2v) is 11.7. The summed E-state index contributed by atoms with van der Waals surface area (Å²) >= 11 is 0. The molecule has 0 spiro atoms. The second-order valence-electron chi connectivity index (χ2n) is 11.7. The molecule has 41 heavy (non-hydrogen) atoms. The maximum atomic E-state index is 13.4. The number of nitro benzene ring substituents is 1. The van der Waals surface area contributed by atoms with Gasteiger partial charge in [0.25, 0.3) is 5.69 Å². The monoisotopic (exact) mass is 559 g/mol. The standard InChI is InChI=1S/C34H41NO6/c1-6-7-9-12-23(2)24(3)26-19-31(39-22-25-13-10-8-11-14-25)29-21-30(34(4,5)41-32(29)20-26)33(36)40-28-17-15-27(16-18-28)35(37)38/h8,10-11,13-20,23-24,30H,6-7,9,12,21-22H2,1-5H3. The molecule has 218 valence electrons. The molecule has 0 saturated carbocycles. The molecule has 7 heteroatoms. The normalized spacial score (nSPS) is 17.0. The highest BCUT2D eigenvalue weighted by molar-refractivity contribution is 5.78. The van der Waals surface area contributed by atoms with Gasteiger partial charge in [-0.15, -0.1) is 0 Å². The molecule has 3 aromatic carbocycles. The molecule has 4 rings (SSSR count). The number of fused-ring (bicyclic) bond motifs is 1. The summed E-state index contributed by atoms with van der Waals surface area (Å²) in [6.07, 6.45) is 5.20. The van der Waals surface area contributed by atoms with Crippen LogP contribution < -0.4 is 14.2 Å². The Bertz CT molecular complexity index is 1340. The van der Waals surface area contributed by atoms with E-state index in [0.717, 1.165) is 29.0 Å². The Morgan fingerprint density at radius 1 is 1.07 bits per heavy atom. The van der Waals surface area contributed by atoms with Gasteiger partial charge in [-0.25, -0.2) is 0 Å². The van der Waals surface area contributed by atoms with Crippen LogP contribution in [-0.4, -0.2) is 16.5 Å². The summed E-state index contributed by atoms with van der Waals surface area (Å²) in [6, 6.07) is 19.7. The quantitative estimate of drug-likeness (QED) is 0.0727. The van der Waals surface area contributed by atoms with Crippen molar-refractivity contribution in [2.24, 2.45) is 11.8 Å². The van der Waals surface area contributed by atoms with Crippen LogP contribution in [0.4, 0.5) is 5.69 Å². The molecule has 0 N–H and O–H groups in total. The van der Waals surface area contributed by atoms with Gasteiger partial charge in [-0.2, -0.15) is 0 Å². The highest BCUT2D eigenvalue weighted by Gasteiger charge is 2.44. The van der Waals surface area contributed by atoms with E-state index in [1.54, 1.807) is 0 Å². The van der Waals surface area contributed by atoms with Crippen LogP contribution in [0.5, 0.6) is 17.2 Å². The first kappa shape index (κ1) is 30.1. The van der Waals surface area contributed by atoms with E-state index >= 15 is 0 Å². The first-order valence-electron chi connectivity index (χ1n) is 14.6. The van der Waals surface area contributed by atoms with Crippen LogP contribution in [0, 0.1) is 22.0 Å². The van der Waals surface area contributed by atoms with Crippen LogP contribution in [-0.2, 0) is 17.8 Å². The van der Waals surface area contributed by atoms with Crippen LogP contribution in [0.2, 0.25) is 0 Å². The van der Waals surface area contributed by atoms with Gasteiger partial charge < -0.3 is 14.2 Å². The van der Waals surface area contributed by atoms with Gasteiger partial charge in [0, 0.05) is 17.7 Å². The van der Waals surface area contributed by atoms with Crippen LogP contribution in [0.15, 0.2) is 66.7 Å². The zero-order chi connectivity index (χ0) is 29.6. The van der Waals surface area contributed by atoms with Gasteiger partial charge in [-0.05, 0) is 67.5 Å². The number of carbonyl (C=O) groups excluding carboxylic acids is 1. The van der Waals surface area contributed by atoms with Crippen molar-refractivity contribution in [3.8, 4) is 17.2 Å². The van der Waals surface area contributed by atoms with E-state index < -0.39 is 22.4 Å². The summed E-state index contributed by atoms with van der Waals surface area (Å²) in [7, 11) is 0. The molecule has 1 aliphatic rings. The molecular weight excluding hydrogens is 518 g/mol. The summed E-state index contributed by atoms with van der Waals surface area (Å²) in [5.74, 6) is 1.46. The lowest BCUT2D eigenvalue weighted by Crippen LogP contribution is -2.47. The van der Waals surface area contributed by atoms with Crippen LogP contribution in [0.25, 0.3) is 0 Å². The minimum atomic E-state index is -0.837. The average Bonchev–Trinajstić information content (AvgIpc) is 2.95. The van der Waals surface area contributed by atoms with E-state index in [-0.39, 0.29) is 11.4 Å². The zero-order valence-electron chi connectivity index (χ0n) is 24.7. The average molecular weight is 560 g/mol. The number of nitrogens with zero attached hydrogens (tertiary/aromatic N) is 1. The molecule has 1 heterocycles. The summed E-state index contributed by atoms with van der Waals surface area (Å²) in [4.78, 5) is 23.9. The smallest absolute Gasteiger partial charge is 0.318 e. The molecule has 0 bridgehead atoms. The van der Waals surface area contributed by atoms with Gasteiger partial charge in [-0.3, -0.25) is 14.9 Å². The van der Waals surface area contributed by atoms with Gasteiger partial charge in [0.15, 0.2) is 0 Å². The van der Waals surface area contributed by atoms with Gasteiger partial charge >= 0.3 is 5.97 Å². The maximum absolute atomic E-state index is 13.4. The van der Waals surface area contributed by atoms with Crippen molar-refractivity contribution in [2.45, 2.75) is 84.8 Å². The van der Waals surface area contributed by atoms with Crippen molar-refractivity contribution >= 4 is 11.7 Å². The first-order chi connectivity index (χ1) is 19.6. The molecule has 0 aliphatic carbocycles. The maximum Gasteiger partial charge on any atom is 0.318 e. The van der Waals surface area contributed by atoms with Crippen LogP contribution in [0.1, 0.15) is 82.9 Å². The number of rotatable bonds is 12. The predicted octanol–water partition coefficient (Wildman–Crippen LogP) is 8.43. The van der Waals surface area contributed by atoms with E-state index in [2.05, 4.69) is 32.9 Å². The molecule has 3 unspecified atom stereocenters. The first-order valence-corrected chi connectivity index (χ1v) is 14.6. The zero-order valence-corrected chi connectivity index (χ0v) is 24.7. The number of carbonyl (C=O) groups is 1. The molecule has 1 aliphatic heterocycles. The molecule has 0 amide bonds. The fourth-order valence-electron chi connectivity index (χ4n) is 5.35. The third-order valence-electron chi connectivity index (χ3n) is 8.24. The van der Waals surface area contributed by atoms with Gasteiger partial charge in [-0.1, -0.05) is 76.8 Å². The molecule has 0 radical (unpaired) electrons. The summed E-state index contributed by atoms with van der Waals surface area (Å²) < 4.78 is 18.6. The summed E-state index contributed by atoms with van der Waals surface area (Å²) in [5, 5.41) is 11.0. The number of ether oxygens (including phenoxy) is 3. The Kier molecular flexibility index (Phi) is 9.69. The van der Waals surface area contributed by atoms with Crippen molar-refractivity contribution in [3.05, 3.63) is 93.5 Å². The van der Waals surface area contributed by atoms with E-state index in [0.29, 0.717) is 24.9 Å². The third-order valence-corrected chi connectivity index (χ3v) is 8.24. The highest BCUT2D eigenvalue weighted by atomic mass is 16.6. The minimum absolute atomic E-state index is 0.0648. The molecule has 3 atom stereocenters. The number of nitro groups is 1. The van der Waals surface area contributed by atoms with Gasteiger partial charge in [0.1, 0.15) is 35.4 Å². The molecule has 7 nitrogen and oxygen atoms in total. The third kappa shape index (κ3) is 7.46. The molecular formula is C34H41NO6. The lowest BCUT2D eigenvalue weighted by molar-refractivity contribution is -0.384. The van der Waals surface area contributed by atoms with Gasteiger partial charge in [0.05, 0.1) is 4.92 Å². The van der Waals surface area contributed by atoms with Crippen molar-refractivity contribution < 1.29 is 23.9 Å². The number of hydrogen-bond donors (Lipinski definition) is 0. The number of unbranched alkanes of at least 4 members (excludes halogenated alkanes) is 2. The number of benzene rings is 3. The van der Waals surface area contributed by atoms with Crippen molar-refractivity contribution in [2.75, 3.05) is 0 Å². The van der Waals surface area contributed by atoms with Crippen LogP contribution in [0.3, 0.4) is 0 Å². The van der Waals surface area contributed by atoms with Crippen molar-refractivity contribution in [3.63, 3.8) is 0 Å². The summed E-state index contributed by atoms with van der Waals surface area (Å²) in [6.45, 7) is 11.0. The molecule has 0 fully saturated rings. The fourth-order valence-corrected chi connectivity index (χ4v) is 5.35. The molecule has 0 saturated heterocycles. The van der Waals surface area contributed by atoms with Crippen LogP contribution >= 0.6 is 0 Å². The molecule has 0 aromatic heterocycles. The highest BCUT2D eigenvalue weighted by Crippen LogP contribution is 2.45. The van der Waals surface area contributed by atoms with E-state index in [1.807, 2.05) is 44.2 Å². The topological polar surface area (TPSA) is 87.9 Å². The number of esters is 1. The lowest BCUT2D eigenvalue weighted by atomic mass is 9.80. The van der Waals surface area contributed by atoms with E-state index in [1.165, 1.54) is 49.1 Å². The summed E-state index contributed by atoms with van der Waals surface area (Å²) in [5.41, 5.74) is 2.17. The predicted molar refractivity (Wildman–Crippen MR) is 160 cm³/mol. The minimum Gasteiger partial charge on any atom is -0.488 e. The second kappa shape index (κ2) is 13.2. The number of non-ortho nitro benzene ring substituents is 1.